The molecule has 1 unspecified atom stereocenters. The van der Waals surface area contributed by atoms with Gasteiger partial charge in [0.2, 0.25) is 0 Å². The first kappa shape index (κ1) is 15.0. The van der Waals surface area contributed by atoms with Gasteiger partial charge in [-0.15, -0.1) is 0 Å². The van der Waals surface area contributed by atoms with Crippen LogP contribution in [0.1, 0.15) is 19.4 Å². The van der Waals surface area contributed by atoms with E-state index in [0.717, 1.165) is 20.3 Å². The van der Waals surface area contributed by atoms with E-state index in [2.05, 4.69) is 37.2 Å². The number of nitrogens with one attached hydrogen (secondary N) is 1. The Hall–Kier alpha value is -0.100. The van der Waals surface area contributed by atoms with Crippen molar-refractivity contribution in [3.8, 4) is 5.75 Å². The van der Waals surface area contributed by atoms with Crippen molar-refractivity contribution in [2.45, 2.75) is 26.4 Å². The molecule has 0 aliphatic rings. The molecule has 1 atom stereocenters. The summed E-state index contributed by atoms with van der Waals surface area (Å²) in [5, 5.41) is 12.2. The van der Waals surface area contributed by atoms with Crippen LogP contribution in [0.5, 0.6) is 5.75 Å². The van der Waals surface area contributed by atoms with Gasteiger partial charge in [-0.2, -0.15) is 0 Å². The average Bonchev–Trinajstić information content (AvgIpc) is 2.30. The highest BCUT2D eigenvalue weighted by Gasteiger charge is 2.09. The van der Waals surface area contributed by atoms with Crippen LogP contribution in [0, 0.1) is 0 Å². The normalized spacial score (nSPS) is 12.5. The van der Waals surface area contributed by atoms with Crippen LogP contribution in [0.15, 0.2) is 21.1 Å². The van der Waals surface area contributed by atoms with Crippen LogP contribution in [-0.4, -0.2) is 24.4 Å². The Bertz CT molecular complexity index is 349. The highest BCUT2D eigenvalue weighted by atomic mass is 79.9. The standard InChI is InChI=1S/C12H17Br2NO2/c1-3-17-12-10(13)4-9(5-11(12)14)6-15-8(2)7-16/h4-5,8,15-16H,3,6-7H2,1-2H3. The van der Waals surface area contributed by atoms with Crippen molar-refractivity contribution in [2.75, 3.05) is 13.2 Å². The van der Waals surface area contributed by atoms with Crippen LogP contribution in [0.2, 0.25) is 0 Å². The summed E-state index contributed by atoms with van der Waals surface area (Å²) in [7, 11) is 0. The number of halogens is 2. The summed E-state index contributed by atoms with van der Waals surface area (Å²) in [5.41, 5.74) is 1.13. The van der Waals surface area contributed by atoms with E-state index in [1.54, 1.807) is 0 Å². The number of ether oxygens (including phenoxy) is 1. The maximum atomic E-state index is 8.94. The Morgan fingerprint density at radius 2 is 1.94 bits per heavy atom. The number of hydrogen-bond donors (Lipinski definition) is 2. The zero-order valence-corrected chi connectivity index (χ0v) is 13.1. The van der Waals surface area contributed by atoms with Crippen molar-refractivity contribution in [1.82, 2.24) is 5.32 Å². The van der Waals surface area contributed by atoms with E-state index >= 15 is 0 Å². The van der Waals surface area contributed by atoms with Gasteiger partial charge in [0.05, 0.1) is 22.2 Å². The second kappa shape index (κ2) is 7.36. The third-order valence-electron chi connectivity index (χ3n) is 2.28. The highest BCUT2D eigenvalue weighted by molar-refractivity contribution is 9.11. The smallest absolute Gasteiger partial charge is 0.147 e. The summed E-state index contributed by atoms with van der Waals surface area (Å²) in [6, 6.07) is 4.14. The van der Waals surface area contributed by atoms with Crippen LogP contribution < -0.4 is 10.1 Å². The van der Waals surface area contributed by atoms with Crippen molar-refractivity contribution >= 4 is 31.9 Å². The van der Waals surface area contributed by atoms with E-state index < -0.39 is 0 Å². The first-order chi connectivity index (χ1) is 8.08. The van der Waals surface area contributed by atoms with Crippen LogP contribution in [0.25, 0.3) is 0 Å². The van der Waals surface area contributed by atoms with Crippen LogP contribution >= 0.6 is 31.9 Å². The quantitative estimate of drug-likeness (QED) is 0.812. The van der Waals surface area contributed by atoms with E-state index in [9.17, 15) is 0 Å². The van der Waals surface area contributed by atoms with Crippen molar-refractivity contribution in [1.29, 1.82) is 0 Å². The predicted molar refractivity (Wildman–Crippen MR) is 76.4 cm³/mol. The molecule has 0 radical (unpaired) electrons. The Kier molecular flexibility index (Phi) is 6.48. The largest absolute Gasteiger partial charge is 0.492 e. The molecule has 0 aromatic heterocycles. The van der Waals surface area contributed by atoms with Crippen LogP contribution in [-0.2, 0) is 6.54 Å². The maximum absolute atomic E-state index is 8.94. The first-order valence-corrected chi connectivity index (χ1v) is 7.12. The van der Waals surface area contributed by atoms with Gasteiger partial charge in [-0.3, -0.25) is 0 Å². The molecule has 0 aliphatic carbocycles. The van der Waals surface area contributed by atoms with E-state index in [-0.39, 0.29) is 12.6 Å². The molecule has 96 valence electrons. The number of hydrogen-bond acceptors (Lipinski definition) is 3. The molecule has 0 bridgehead atoms. The number of rotatable bonds is 6. The third-order valence-corrected chi connectivity index (χ3v) is 3.45. The lowest BCUT2D eigenvalue weighted by atomic mass is 10.2. The molecule has 0 heterocycles. The fourth-order valence-electron chi connectivity index (χ4n) is 1.35. The number of aliphatic hydroxyl groups is 1. The Morgan fingerprint density at radius 3 is 2.41 bits per heavy atom. The Balaban J connectivity index is 2.76. The summed E-state index contributed by atoms with van der Waals surface area (Å²) >= 11 is 6.98. The van der Waals surface area contributed by atoms with Crippen molar-refractivity contribution in [2.24, 2.45) is 0 Å². The van der Waals surface area contributed by atoms with E-state index in [1.165, 1.54) is 0 Å². The van der Waals surface area contributed by atoms with Gasteiger partial charge in [-0.05, 0) is 63.4 Å². The molecule has 3 nitrogen and oxygen atoms in total. The summed E-state index contributed by atoms with van der Waals surface area (Å²) < 4.78 is 7.38. The lowest BCUT2D eigenvalue weighted by Gasteiger charge is -2.13. The lowest BCUT2D eigenvalue weighted by Crippen LogP contribution is -2.28. The molecule has 0 amide bonds. The lowest BCUT2D eigenvalue weighted by molar-refractivity contribution is 0.251. The minimum atomic E-state index is 0.0964. The van der Waals surface area contributed by atoms with Gasteiger partial charge in [0.25, 0.3) is 0 Å². The zero-order valence-electron chi connectivity index (χ0n) is 9.96. The molecule has 1 rings (SSSR count). The average molecular weight is 367 g/mol. The van der Waals surface area contributed by atoms with Gasteiger partial charge >= 0.3 is 0 Å². The van der Waals surface area contributed by atoms with Crippen LogP contribution in [0.3, 0.4) is 0 Å². The predicted octanol–water partition coefficient (Wildman–Crippen LogP) is 3.08. The number of benzene rings is 1. The third kappa shape index (κ3) is 4.58. The first-order valence-electron chi connectivity index (χ1n) is 5.53. The molecule has 1 aromatic carbocycles. The van der Waals surface area contributed by atoms with Gasteiger partial charge in [-0.25, -0.2) is 0 Å². The van der Waals surface area contributed by atoms with E-state index in [4.69, 9.17) is 9.84 Å². The zero-order chi connectivity index (χ0) is 12.8. The second-order valence-corrected chi connectivity index (χ2v) is 5.49. The molecule has 5 heteroatoms. The molecule has 0 spiro atoms. The topological polar surface area (TPSA) is 41.5 Å². The molecule has 17 heavy (non-hydrogen) atoms. The van der Waals surface area contributed by atoms with Gasteiger partial charge < -0.3 is 15.2 Å². The maximum Gasteiger partial charge on any atom is 0.147 e. The van der Waals surface area contributed by atoms with Gasteiger partial charge in [0.1, 0.15) is 5.75 Å². The molecule has 0 saturated heterocycles. The fourth-order valence-corrected chi connectivity index (χ4v) is 2.86. The van der Waals surface area contributed by atoms with E-state index in [1.807, 2.05) is 26.0 Å². The summed E-state index contributed by atoms with van der Waals surface area (Å²) in [6.07, 6.45) is 0. The second-order valence-electron chi connectivity index (χ2n) is 3.79. The van der Waals surface area contributed by atoms with Gasteiger partial charge in [0, 0.05) is 12.6 Å². The molecule has 1 aromatic rings. The highest BCUT2D eigenvalue weighted by Crippen LogP contribution is 2.34. The summed E-state index contributed by atoms with van der Waals surface area (Å²) in [5.74, 6) is 0.825. The molecular weight excluding hydrogens is 350 g/mol. The number of aliphatic hydroxyl groups excluding tert-OH is 1. The minimum absolute atomic E-state index is 0.0964. The minimum Gasteiger partial charge on any atom is -0.492 e. The van der Waals surface area contributed by atoms with Crippen molar-refractivity contribution in [3.63, 3.8) is 0 Å². The van der Waals surface area contributed by atoms with E-state index in [0.29, 0.717) is 13.2 Å². The molecule has 0 fully saturated rings. The Morgan fingerprint density at radius 1 is 1.35 bits per heavy atom. The molecule has 0 aliphatic heterocycles. The molecular formula is C12H17Br2NO2. The summed E-state index contributed by atoms with van der Waals surface area (Å²) in [6.45, 7) is 5.39. The fraction of sp³-hybridized carbons (Fsp3) is 0.500. The van der Waals surface area contributed by atoms with Gasteiger partial charge in [-0.1, -0.05) is 0 Å². The Labute approximate surface area is 119 Å². The van der Waals surface area contributed by atoms with Crippen LogP contribution in [0.4, 0.5) is 0 Å². The summed E-state index contributed by atoms with van der Waals surface area (Å²) in [4.78, 5) is 0. The SMILES string of the molecule is CCOc1c(Br)cc(CNC(C)CO)cc1Br. The molecule has 0 saturated carbocycles. The van der Waals surface area contributed by atoms with Gasteiger partial charge in [0.15, 0.2) is 0 Å². The van der Waals surface area contributed by atoms with Crippen molar-refractivity contribution < 1.29 is 9.84 Å². The van der Waals surface area contributed by atoms with Crippen molar-refractivity contribution in [3.05, 3.63) is 26.6 Å². The monoisotopic (exact) mass is 365 g/mol. The molecule has 2 N–H and O–H groups in total.